The molecule has 0 radical (unpaired) electrons. The highest BCUT2D eigenvalue weighted by Gasteiger charge is 2.10. The standard InChI is InChI=1S/C17H15N9/c18-6-5-14(19)22-15-9-21-16-17(23-15)26(25-24-16)10-11-3-4-13-12(8-11)2-1-7-20-13/h1-9H,10,18H2,(H2,19,22,23)/b6-5-. The van der Waals surface area contributed by atoms with E-state index < -0.39 is 0 Å². The highest BCUT2D eigenvalue weighted by atomic mass is 15.5. The maximum Gasteiger partial charge on any atom is 0.221 e. The Morgan fingerprint density at radius 2 is 2.19 bits per heavy atom. The smallest absolute Gasteiger partial charge is 0.221 e. The van der Waals surface area contributed by atoms with Gasteiger partial charge < -0.3 is 11.1 Å². The number of anilines is 1. The highest BCUT2D eigenvalue weighted by molar-refractivity contribution is 6.00. The van der Waals surface area contributed by atoms with Gasteiger partial charge in [-0.3, -0.25) is 10.4 Å². The summed E-state index contributed by atoms with van der Waals surface area (Å²) >= 11 is 0. The first kappa shape index (κ1) is 15.6. The minimum atomic E-state index is 0.113. The molecule has 128 valence electrons. The zero-order valence-corrected chi connectivity index (χ0v) is 13.7. The van der Waals surface area contributed by atoms with Crippen LogP contribution in [0.15, 0.2) is 55.0 Å². The summed E-state index contributed by atoms with van der Waals surface area (Å²) in [6, 6.07) is 9.96. The van der Waals surface area contributed by atoms with Crippen LogP contribution in [0.25, 0.3) is 22.2 Å². The number of nitrogens with zero attached hydrogens (tertiary/aromatic N) is 6. The molecule has 3 aromatic heterocycles. The zero-order valence-electron chi connectivity index (χ0n) is 13.7. The van der Waals surface area contributed by atoms with Crippen molar-refractivity contribution in [2.24, 2.45) is 5.73 Å². The van der Waals surface area contributed by atoms with E-state index in [1.165, 1.54) is 18.5 Å². The Bertz CT molecular complexity index is 1130. The van der Waals surface area contributed by atoms with Crippen LogP contribution in [-0.4, -0.2) is 35.8 Å². The molecular formula is C17H15N9. The first-order chi connectivity index (χ1) is 12.7. The van der Waals surface area contributed by atoms with E-state index in [1.54, 1.807) is 10.9 Å². The van der Waals surface area contributed by atoms with Crippen molar-refractivity contribution in [1.82, 2.24) is 29.9 Å². The van der Waals surface area contributed by atoms with Crippen molar-refractivity contribution in [1.29, 1.82) is 5.41 Å². The second-order valence-corrected chi connectivity index (χ2v) is 5.58. The van der Waals surface area contributed by atoms with Crippen LogP contribution in [0.5, 0.6) is 0 Å². The molecule has 0 bridgehead atoms. The molecule has 4 aromatic rings. The lowest BCUT2D eigenvalue weighted by molar-refractivity contribution is 0.664. The molecule has 9 heteroatoms. The van der Waals surface area contributed by atoms with Gasteiger partial charge in [-0.05, 0) is 36.0 Å². The molecule has 26 heavy (non-hydrogen) atoms. The second kappa shape index (κ2) is 6.55. The number of pyridine rings is 1. The van der Waals surface area contributed by atoms with Gasteiger partial charge in [-0.25, -0.2) is 14.6 Å². The molecule has 0 unspecified atom stereocenters. The van der Waals surface area contributed by atoms with Crippen LogP contribution in [0.1, 0.15) is 5.56 Å². The third-order valence-corrected chi connectivity index (χ3v) is 3.75. The zero-order chi connectivity index (χ0) is 17.9. The molecule has 0 aliphatic carbocycles. The monoisotopic (exact) mass is 345 g/mol. The molecule has 0 saturated heterocycles. The second-order valence-electron chi connectivity index (χ2n) is 5.58. The van der Waals surface area contributed by atoms with Crippen LogP contribution in [-0.2, 0) is 6.54 Å². The van der Waals surface area contributed by atoms with Gasteiger partial charge in [0.2, 0.25) is 5.65 Å². The van der Waals surface area contributed by atoms with E-state index in [-0.39, 0.29) is 5.84 Å². The number of benzene rings is 1. The molecule has 1 aromatic carbocycles. The number of hydrogen-bond donors (Lipinski definition) is 3. The molecule has 0 amide bonds. The summed E-state index contributed by atoms with van der Waals surface area (Å²) in [5.41, 5.74) is 8.25. The van der Waals surface area contributed by atoms with Gasteiger partial charge in [0.05, 0.1) is 18.3 Å². The molecule has 0 fully saturated rings. The average Bonchev–Trinajstić information content (AvgIpc) is 3.04. The van der Waals surface area contributed by atoms with E-state index in [2.05, 4.69) is 36.6 Å². The Kier molecular flexibility index (Phi) is 3.94. The van der Waals surface area contributed by atoms with Crippen LogP contribution in [0, 0.1) is 5.41 Å². The average molecular weight is 345 g/mol. The number of aromatic nitrogens is 6. The van der Waals surface area contributed by atoms with Crippen molar-refractivity contribution < 1.29 is 0 Å². The maximum absolute atomic E-state index is 7.72. The first-order valence-electron chi connectivity index (χ1n) is 7.87. The summed E-state index contributed by atoms with van der Waals surface area (Å²) in [4.78, 5) is 13.0. The molecule has 0 saturated carbocycles. The van der Waals surface area contributed by atoms with Crippen molar-refractivity contribution in [2.45, 2.75) is 6.54 Å². The fourth-order valence-corrected chi connectivity index (χ4v) is 2.59. The Balaban J connectivity index is 1.65. The Labute approximate surface area is 148 Å². The minimum Gasteiger partial charge on any atom is -0.404 e. The third kappa shape index (κ3) is 3.05. The number of rotatable bonds is 4. The molecule has 0 spiro atoms. The highest BCUT2D eigenvalue weighted by Crippen LogP contribution is 2.16. The minimum absolute atomic E-state index is 0.113. The summed E-state index contributed by atoms with van der Waals surface area (Å²) in [7, 11) is 0. The van der Waals surface area contributed by atoms with Gasteiger partial charge in [-0.2, -0.15) is 0 Å². The molecule has 4 rings (SSSR count). The molecule has 3 heterocycles. The van der Waals surface area contributed by atoms with Gasteiger partial charge in [0.1, 0.15) is 5.84 Å². The van der Waals surface area contributed by atoms with Crippen molar-refractivity contribution in [3.05, 3.63) is 60.6 Å². The maximum atomic E-state index is 7.72. The third-order valence-electron chi connectivity index (χ3n) is 3.75. The summed E-state index contributed by atoms with van der Waals surface area (Å²) in [5, 5.41) is 19.8. The summed E-state index contributed by atoms with van der Waals surface area (Å²) in [6.45, 7) is 0.500. The molecule has 4 N–H and O–H groups in total. The summed E-state index contributed by atoms with van der Waals surface area (Å²) in [5.74, 6) is 0.536. The Hall–Kier alpha value is -3.88. The summed E-state index contributed by atoms with van der Waals surface area (Å²) in [6.07, 6.45) is 5.97. The van der Waals surface area contributed by atoms with Gasteiger partial charge in [0, 0.05) is 11.6 Å². The van der Waals surface area contributed by atoms with Crippen LogP contribution in [0.4, 0.5) is 5.82 Å². The van der Waals surface area contributed by atoms with Gasteiger partial charge >= 0.3 is 0 Å². The van der Waals surface area contributed by atoms with Crippen molar-refractivity contribution in [2.75, 3.05) is 5.32 Å². The SMILES string of the molecule is N=C(/C=C\N)Nc1cnc2nnn(Cc3ccc4ncccc4c3)c2n1. The van der Waals surface area contributed by atoms with E-state index in [0.29, 0.717) is 23.7 Å². The number of fused-ring (bicyclic) bond motifs is 2. The number of nitrogens with one attached hydrogen (secondary N) is 2. The van der Waals surface area contributed by atoms with Crippen molar-refractivity contribution in [3.8, 4) is 0 Å². The number of nitrogens with two attached hydrogens (primary N) is 1. The fraction of sp³-hybridized carbons (Fsp3) is 0.0588. The van der Waals surface area contributed by atoms with Crippen LogP contribution in [0.3, 0.4) is 0 Å². The van der Waals surface area contributed by atoms with Crippen LogP contribution < -0.4 is 11.1 Å². The molecule has 0 aliphatic heterocycles. The molecule has 9 nitrogen and oxygen atoms in total. The predicted molar refractivity (Wildman–Crippen MR) is 98.6 cm³/mol. The van der Waals surface area contributed by atoms with Gasteiger partial charge in [-0.1, -0.05) is 17.3 Å². The van der Waals surface area contributed by atoms with Crippen molar-refractivity contribution in [3.63, 3.8) is 0 Å². The lowest BCUT2D eigenvalue weighted by Crippen LogP contribution is -2.10. The normalized spacial score (nSPS) is 11.4. The number of hydrogen-bond acceptors (Lipinski definition) is 7. The van der Waals surface area contributed by atoms with E-state index in [1.807, 2.05) is 24.3 Å². The van der Waals surface area contributed by atoms with Crippen LogP contribution in [0.2, 0.25) is 0 Å². The Morgan fingerprint density at radius 3 is 3.08 bits per heavy atom. The van der Waals surface area contributed by atoms with E-state index in [9.17, 15) is 0 Å². The molecule has 0 atom stereocenters. The lowest BCUT2D eigenvalue weighted by Gasteiger charge is -2.05. The van der Waals surface area contributed by atoms with E-state index >= 15 is 0 Å². The topological polar surface area (TPSA) is 131 Å². The van der Waals surface area contributed by atoms with Gasteiger partial charge in [0.25, 0.3) is 0 Å². The molecule has 0 aliphatic rings. The van der Waals surface area contributed by atoms with Crippen LogP contribution >= 0.6 is 0 Å². The van der Waals surface area contributed by atoms with Crippen molar-refractivity contribution >= 4 is 33.9 Å². The quantitative estimate of drug-likeness (QED) is 0.379. The lowest BCUT2D eigenvalue weighted by atomic mass is 10.1. The first-order valence-corrected chi connectivity index (χ1v) is 7.87. The fourth-order valence-electron chi connectivity index (χ4n) is 2.59. The van der Waals surface area contributed by atoms with E-state index in [0.717, 1.165) is 16.5 Å². The van der Waals surface area contributed by atoms with Gasteiger partial charge in [0.15, 0.2) is 11.5 Å². The number of amidine groups is 1. The van der Waals surface area contributed by atoms with Gasteiger partial charge in [-0.15, -0.1) is 5.10 Å². The van der Waals surface area contributed by atoms with E-state index in [4.69, 9.17) is 11.1 Å². The predicted octanol–water partition coefficient (Wildman–Crippen LogP) is 1.68. The molecular weight excluding hydrogens is 330 g/mol. The largest absolute Gasteiger partial charge is 0.404 e. The Morgan fingerprint density at radius 1 is 1.27 bits per heavy atom. The summed E-state index contributed by atoms with van der Waals surface area (Å²) < 4.78 is 1.67.